The molecule has 1 aliphatic heterocycles. The molecule has 2 fully saturated rings. The van der Waals surface area contributed by atoms with Gasteiger partial charge in [0.1, 0.15) is 6.20 Å². The number of nitrogens with one attached hydrogen (secondary N) is 1. The van der Waals surface area contributed by atoms with Gasteiger partial charge in [-0.05, 0) is 34.9 Å². The highest BCUT2D eigenvalue weighted by molar-refractivity contribution is 5.77. The van der Waals surface area contributed by atoms with Crippen LogP contribution < -0.4 is 10.1 Å². The van der Waals surface area contributed by atoms with Crippen molar-refractivity contribution in [2.45, 2.75) is 37.6 Å². The van der Waals surface area contributed by atoms with Gasteiger partial charge in [-0.2, -0.15) is 0 Å². The minimum atomic E-state index is -0.622. The van der Waals surface area contributed by atoms with Gasteiger partial charge < -0.3 is 24.9 Å². The van der Waals surface area contributed by atoms with Crippen LogP contribution in [0.2, 0.25) is 0 Å². The zero-order valence-corrected chi connectivity index (χ0v) is 15.4. The van der Waals surface area contributed by atoms with Gasteiger partial charge >= 0.3 is 5.82 Å². The Kier molecular flexibility index (Phi) is 6.57. The number of nitrogens with zero attached hydrogens (tertiary/aromatic N) is 3. The van der Waals surface area contributed by atoms with Gasteiger partial charge in [0.15, 0.2) is 6.61 Å². The third-order valence-electron chi connectivity index (χ3n) is 5.36. The Morgan fingerprint density at radius 1 is 1.33 bits per heavy atom. The fraction of sp³-hybridized carbons (Fsp3) is 0.667. The number of pyridine rings is 1. The highest BCUT2D eigenvalue weighted by Gasteiger charge is 2.38. The fourth-order valence-corrected chi connectivity index (χ4v) is 3.94. The van der Waals surface area contributed by atoms with E-state index in [2.05, 4.69) is 15.2 Å². The minimum absolute atomic E-state index is 0.00166. The van der Waals surface area contributed by atoms with Gasteiger partial charge in [0.2, 0.25) is 5.75 Å². The molecule has 1 saturated heterocycles. The third kappa shape index (κ3) is 4.92. The molecule has 9 heteroatoms. The third-order valence-corrected chi connectivity index (χ3v) is 5.36. The summed E-state index contributed by atoms with van der Waals surface area (Å²) in [6.45, 7) is 3.51. The molecule has 1 amide bonds. The second kappa shape index (κ2) is 9.09. The summed E-state index contributed by atoms with van der Waals surface area (Å²) in [4.78, 5) is 28.8. The highest BCUT2D eigenvalue weighted by Crippen LogP contribution is 2.33. The molecule has 0 bridgehead atoms. The van der Waals surface area contributed by atoms with Crippen molar-refractivity contribution in [3.05, 3.63) is 28.4 Å². The summed E-state index contributed by atoms with van der Waals surface area (Å²) in [6.07, 6.45) is 6.98. The lowest BCUT2D eigenvalue weighted by molar-refractivity contribution is -0.390. The number of carbonyl (C=O) groups is 1. The van der Waals surface area contributed by atoms with Crippen LogP contribution in [0.15, 0.2) is 18.3 Å². The topological polar surface area (TPSA) is 107 Å². The maximum absolute atomic E-state index is 12.3. The molecular formula is C18H26N4O5. The number of morpholine rings is 1. The van der Waals surface area contributed by atoms with Crippen molar-refractivity contribution in [2.75, 3.05) is 39.5 Å². The zero-order chi connectivity index (χ0) is 19.1. The number of aromatic nitrogens is 1. The lowest BCUT2D eigenvalue weighted by atomic mass is 9.79. The molecule has 2 heterocycles. The molecule has 148 valence electrons. The van der Waals surface area contributed by atoms with E-state index in [0.29, 0.717) is 6.54 Å². The lowest BCUT2D eigenvalue weighted by Gasteiger charge is -2.48. The molecule has 0 radical (unpaired) electrons. The summed E-state index contributed by atoms with van der Waals surface area (Å²) >= 11 is 0. The largest absolute Gasteiger partial charge is 0.476 e. The van der Waals surface area contributed by atoms with Crippen molar-refractivity contribution in [1.29, 1.82) is 0 Å². The first kappa shape index (κ1) is 19.5. The SMILES string of the molecule is O=C(COc1cccnc1[N+](=O)[O-])NCC1(N2CCOCC2)CCCCC1. The average Bonchev–Trinajstić information content (AvgIpc) is 2.72. The maximum atomic E-state index is 12.3. The van der Waals surface area contributed by atoms with Gasteiger partial charge in [-0.25, -0.2) is 0 Å². The van der Waals surface area contributed by atoms with Gasteiger partial charge in [0.05, 0.1) is 13.2 Å². The number of hydrogen-bond donors (Lipinski definition) is 1. The molecule has 2 aliphatic rings. The number of rotatable bonds is 7. The standard InChI is InChI=1S/C18H26N4O5/c23-16(13-27-15-5-4-8-19-17(15)22(24)25)20-14-18(6-2-1-3-7-18)21-9-11-26-12-10-21/h4-5,8H,1-3,6-7,9-14H2,(H,20,23). The van der Waals surface area contributed by atoms with Crippen LogP contribution in [-0.2, 0) is 9.53 Å². The minimum Gasteiger partial charge on any atom is -0.476 e. The van der Waals surface area contributed by atoms with Gasteiger partial charge in [-0.15, -0.1) is 0 Å². The first-order valence-corrected chi connectivity index (χ1v) is 9.42. The van der Waals surface area contributed by atoms with E-state index in [9.17, 15) is 14.9 Å². The molecule has 1 N–H and O–H groups in total. The first-order valence-electron chi connectivity index (χ1n) is 9.42. The Morgan fingerprint density at radius 3 is 2.78 bits per heavy atom. The van der Waals surface area contributed by atoms with Crippen LogP contribution in [0.25, 0.3) is 0 Å². The summed E-state index contributed by atoms with van der Waals surface area (Å²) in [7, 11) is 0. The molecule has 1 aromatic heterocycles. The van der Waals surface area contributed by atoms with Crippen LogP contribution >= 0.6 is 0 Å². The van der Waals surface area contributed by atoms with Crippen LogP contribution in [0.5, 0.6) is 5.75 Å². The first-order chi connectivity index (χ1) is 13.1. The molecule has 0 atom stereocenters. The molecule has 1 aliphatic carbocycles. The molecular weight excluding hydrogens is 352 g/mol. The van der Waals surface area contributed by atoms with Crippen LogP contribution in [0.3, 0.4) is 0 Å². The number of amides is 1. The molecule has 3 rings (SSSR count). The van der Waals surface area contributed by atoms with Crippen LogP contribution in [0, 0.1) is 10.1 Å². The predicted octanol–water partition coefficient (Wildman–Crippen LogP) is 1.52. The van der Waals surface area contributed by atoms with Crippen LogP contribution in [-0.4, -0.2) is 65.7 Å². The molecule has 27 heavy (non-hydrogen) atoms. The van der Waals surface area contributed by atoms with Crippen molar-refractivity contribution in [3.63, 3.8) is 0 Å². The molecule has 9 nitrogen and oxygen atoms in total. The Balaban J connectivity index is 1.56. The van der Waals surface area contributed by atoms with E-state index >= 15 is 0 Å². The van der Waals surface area contributed by atoms with Crippen molar-refractivity contribution in [3.8, 4) is 5.75 Å². The Morgan fingerprint density at radius 2 is 2.07 bits per heavy atom. The van der Waals surface area contributed by atoms with E-state index < -0.39 is 4.92 Å². The second-order valence-corrected chi connectivity index (χ2v) is 7.03. The smallest absolute Gasteiger partial charge is 0.406 e. The normalized spacial score (nSPS) is 20.0. The Labute approximate surface area is 158 Å². The molecule has 0 aromatic carbocycles. The summed E-state index contributed by atoms with van der Waals surface area (Å²) in [5.74, 6) is -0.674. The van der Waals surface area contributed by atoms with Crippen molar-refractivity contribution in [1.82, 2.24) is 15.2 Å². The summed E-state index contributed by atoms with van der Waals surface area (Å²) in [5.41, 5.74) is -0.0298. The molecule has 0 unspecified atom stereocenters. The monoisotopic (exact) mass is 378 g/mol. The predicted molar refractivity (Wildman–Crippen MR) is 97.6 cm³/mol. The summed E-state index contributed by atoms with van der Waals surface area (Å²) < 4.78 is 10.8. The average molecular weight is 378 g/mol. The quantitative estimate of drug-likeness (QED) is 0.566. The maximum Gasteiger partial charge on any atom is 0.406 e. The Hall–Kier alpha value is -2.26. The molecule has 1 saturated carbocycles. The van der Waals surface area contributed by atoms with E-state index in [1.165, 1.54) is 24.8 Å². The second-order valence-electron chi connectivity index (χ2n) is 7.03. The van der Waals surface area contributed by atoms with Gasteiger partial charge in [0.25, 0.3) is 5.91 Å². The van der Waals surface area contributed by atoms with Crippen molar-refractivity contribution >= 4 is 11.7 Å². The van der Waals surface area contributed by atoms with E-state index in [0.717, 1.165) is 52.0 Å². The van der Waals surface area contributed by atoms with E-state index in [4.69, 9.17) is 9.47 Å². The lowest BCUT2D eigenvalue weighted by Crippen LogP contribution is -2.60. The van der Waals surface area contributed by atoms with Crippen LogP contribution in [0.4, 0.5) is 5.82 Å². The number of ether oxygens (including phenoxy) is 2. The summed E-state index contributed by atoms with van der Waals surface area (Å²) in [5, 5.41) is 13.9. The van der Waals surface area contributed by atoms with Gasteiger partial charge in [-0.3, -0.25) is 9.69 Å². The number of nitro groups is 1. The molecule has 1 aromatic rings. The summed E-state index contributed by atoms with van der Waals surface area (Å²) in [6, 6.07) is 2.98. The van der Waals surface area contributed by atoms with Crippen molar-refractivity contribution in [2.24, 2.45) is 0 Å². The zero-order valence-electron chi connectivity index (χ0n) is 15.4. The molecule has 0 spiro atoms. The van der Waals surface area contributed by atoms with Gasteiger partial charge in [0, 0.05) is 25.2 Å². The highest BCUT2D eigenvalue weighted by atomic mass is 16.6. The van der Waals surface area contributed by atoms with Gasteiger partial charge in [-0.1, -0.05) is 19.3 Å². The Bertz CT molecular complexity index is 657. The van der Waals surface area contributed by atoms with E-state index in [-0.39, 0.29) is 29.6 Å². The fourth-order valence-electron chi connectivity index (χ4n) is 3.94. The van der Waals surface area contributed by atoms with Crippen molar-refractivity contribution < 1.29 is 19.2 Å². The van der Waals surface area contributed by atoms with E-state index in [1.807, 2.05) is 0 Å². The number of carbonyl (C=O) groups excluding carboxylic acids is 1. The number of hydrogen-bond acceptors (Lipinski definition) is 7. The van der Waals surface area contributed by atoms with E-state index in [1.54, 1.807) is 0 Å². The van der Waals surface area contributed by atoms with Crippen LogP contribution in [0.1, 0.15) is 32.1 Å².